The van der Waals surface area contributed by atoms with Crippen LogP contribution >= 0.6 is 0 Å². The first-order valence-corrected chi connectivity index (χ1v) is 5.77. The van der Waals surface area contributed by atoms with E-state index in [-0.39, 0.29) is 5.57 Å². The molecule has 2 N–H and O–H groups in total. The van der Waals surface area contributed by atoms with Crippen molar-refractivity contribution in [1.82, 2.24) is 0 Å². The number of benzene rings is 2. The second-order valence-corrected chi connectivity index (χ2v) is 4.18. The highest BCUT2D eigenvalue weighted by molar-refractivity contribution is 6.07. The third-order valence-corrected chi connectivity index (χ3v) is 2.71. The van der Waals surface area contributed by atoms with Gasteiger partial charge in [-0.3, -0.25) is 4.79 Å². The smallest absolute Gasteiger partial charge is 0.328 e. The second kappa shape index (κ2) is 5.35. The summed E-state index contributed by atoms with van der Waals surface area (Å²) < 4.78 is 0. The highest BCUT2D eigenvalue weighted by Gasteiger charge is 2.06. The Balaban J connectivity index is 2.22. The lowest BCUT2D eigenvalue weighted by Crippen LogP contribution is -2.13. The topological polar surface area (TPSA) is 66.4 Å². The van der Waals surface area contributed by atoms with Crippen molar-refractivity contribution < 1.29 is 14.7 Å². The van der Waals surface area contributed by atoms with Crippen molar-refractivity contribution in [2.24, 2.45) is 0 Å². The molecule has 0 saturated carbocycles. The molecule has 0 aliphatic rings. The van der Waals surface area contributed by atoms with Gasteiger partial charge in [-0.15, -0.1) is 0 Å². The van der Waals surface area contributed by atoms with Crippen molar-refractivity contribution in [3.63, 3.8) is 0 Å². The summed E-state index contributed by atoms with van der Waals surface area (Å²) in [4.78, 5) is 22.2. The molecule has 0 atom stereocenters. The largest absolute Gasteiger partial charge is 0.478 e. The number of hydrogen-bond acceptors (Lipinski definition) is 2. The summed E-state index contributed by atoms with van der Waals surface area (Å²) in [5, 5.41) is 13.3. The Kier molecular flexibility index (Phi) is 3.61. The van der Waals surface area contributed by atoms with E-state index >= 15 is 0 Å². The number of amides is 1. The molecule has 19 heavy (non-hydrogen) atoms. The van der Waals surface area contributed by atoms with Crippen LogP contribution in [0.15, 0.2) is 54.1 Å². The van der Waals surface area contributed by atoms with Crippen LogP contribution in [-0.2, 0) is 9.59 Å². The van der Waals surface area contributed by atoms with Crippen LogP contribution in [0.1, 0.15) is 6.92 Å². The van der Waals surface area contributed by atoms with E-state index < -0.39 is 11.9 Å². The summed E-state index contributed by atoms with van der Waals surface area (Å²) in [6.07, 6.45) is 0.885. The van der Waals surface area contributed by atoms with Gasteiger partial charge in [-0.1, -0.05) is 30.3 Å². The zero-order valence-corrected chi connectivity index (χ0v) is 10.4. The SMILES string of the molecule is C/C(=C/C(=O)O)C(=O)Nc1ccc2ccccc2c1. The van der Waals surface area contributed by atoms with Crippen LogP contribution in [0, 0.1) is 0 Å². The molecule has 96 valence electrons. The van der Waals surface area contributed by atoms with Crippen LogP contribution in [0.3, 0.4) is 0 Å². The van der Waals surface area contributed by atoms with Crippen LogP contribution in [0.5, 0.6) is 0 Å². The zero-order valence-electron chi connectivity index (χ0n) is 10.4. The minimum absolute atomic E-state index is 0.153. The van der Waals surface area contributed by atoms with Crippen LogP contribution in [0.25, 0.3) is 10.8 Å². The maximum Gasteiger partial charge on any atom is 0.328 e. The van der Waals surface area contributed by atoms with Crippen molar-refractivity contribution in [1.29, 1.82) is 0 Å². The minimum Gasteiger partial charge on any atom is -0.478 e. The van der Waals surface area contributed by atoms with Gasteiger partial charge in [0.15, 0.2) is 0 Å². The molecule has 0 heterocycles. The van der Waals surface area contributed by atoms with Crippen LogP contribution < -0.4 is 5.32 Å². The third kappa shape index (κ3) is 3.19. The molecule has 0 radical (unpaired) electrons. The quantitative estimate of drug-likeness (QED) is 0.829. The number of nitrogens with one attached hydrogen (secondary N) is 1. The van der Waals surface area contributed by atoms with Gasteiger partial charge in [-0.25, -0.2) is 4.79 Å². The van der Waals surface area contributed by atoms with Gasteiger partial charge in [0.2, 0.25) is 0 Å². The number of anilines is 1. The van der Waals surface area contributed by atoms with E-state index in [0.717, 1.165) is 16.8 Å². The highest BCUT2D eigenvalue weighted by atomic mass is 16.4. The lowest BCUT2D eigenvalue weighted by molar-refractivity contribution is -0.131. The van der Waals surface area contributed by atoms with Crippen LogP contribution in [0.2, 0.25) is 0 Å². The Hall–Kier alpha value is -2.62. The fourth-order valence-corrected chi connectivity index (χ4v) is 1.75. The Morgan fingerprint density at radius 3 is 2.47 bits per heavy atom. The first-order valence-electron chi connectivity index (χ1n) is 5.77. The molecule has 1 amide bonds. The third-order valence-electron chi connectivity index (χ3n) is 2.71. The molecule has 0 saturated heterocycles. The van der Waals surface area contributed by atoms with E-state index in [4.69, 9.17) is 5.11 Å². The lowest BCUT2D eigenvalue weighted by atomic mass is 10.1. The van der Waals surface area contributed by atoms with E-state index in [2.05, 4.69) is 5.32 Å². The van der Waals surface area contributed by atoms with Gasteiger partial charge in [-0.05, 0) is 29.8 Å². The van der Waals surface area contributed by atoms with E-state index in [1.807, 2.05) is 36.4 Å². The standard InChI is InChI=1S/C15H13NO3/c1-10(8-14(17)18)15(19)16-13-7-6-11-4-2-3-5-12(11)9-13/h2-9H,1H3,(H,16,19)(H,17,18)/b10-8-. The maximum absolute atomic E-state index is 11.7. The summed E-state index contributed by atoms with van der Waals surface area (Å²) in [5.41, 5.74) is 0.794. The molecule has 0 aliphatic carbocycles. The zero-order chi connectivity index (χ0) is 13.8. The number of aliphatic carboxylic acids is 1. The van der Waals surface area contributed by atoms with Crippen molar-refractivity contribution in [3.8, 4) is 0 Å². The molecule has 0 fully saturated rings. The Morgan fingerprint density at radius 2 is 1.79 bits per heavy atom. The van der Waals surface area contributed by atoms with E-state index in [1.54, 1.807) is 6.07 Å². The lowest BCUT2D eigenvalue weighted by Gasteiger charge is -2.06. The molecule has 2 rings (SSSR count). The summed E-state index contributed by atoms with van der Waals surface area (Å²) in [5.74, 6) is -1.55. The van der Waals surface area contributed by atoms with Crippen molar-refractivity contribution in [3.05, 3.63) is 54.1 Å². The number of rotatable bonds is 3. The molecule has 2 aromatic carbocycles. The van der Waals surface area contributed by atoms with Crippen LogP contribution in [-0.4, -0.2) is 17.0 Å². The Labute approximate surface area is 110 Å². The summed E-state index contributed by atoms with van der Waals surface area (Å²) >= 11 is 0. The van der Waals surface area contributed by atoms with Crippen molar-refractivity contribution >= 4 is 28.3 Å². The average molecular weight is 255 g/mol. The molecule has 0 spiro atoms. The van der Waals surface area contributed by atoms with Gasteiger partial charge in [0.1, 0.15) is 0 Å². The van der Waals surface area contributed by atoms with Gasteiger partial charge in [0.25, 0.3) is 5.91 Å². The fraction of sp³-hybridized carbons (Fsp3) is 0.0667. The molecule has 0 aromatic heterocycles. The number of carbonyl (C=O) groups is 2. The van der Waals surface area contributed by atoms with Crippen LogP contribution in [0.4, 0.5) is 5.69 Å². The number of carboxylic acid groups (broad SMARTS) is 1. The maximum atomic E-state index is 11.7. The Morgan fingerprint density at radius 1 is 1.11 bits per heavy atom. The first-order chi connectivity index (χ1) is 9.06. The van der Waals surface area contributed by atoms with Gasteiger partial charge in [0, 0.05) is 17.3 Å². The number of carboxylic acids is 1. The predicted octanol–water partition coefficient (Wildman–Crippen LogP) is 2.81. The first kappa shape index (κ1) is 12.8. The molecular weight excluding hydrogens is 242 g/mol. The molecule has 4 heteroatoms. The predicted molar refractivity (Wildman–Crippen MR) is 74.0 cm³/mol. The normalized spacial score (nSPS) is 11.3. The van der Waals surface area contributed by atoms with Gasteiger partial charge >= 0.3 is 5.97 Å². The van der Waals surface area contributed by atoms with E-state index in [1.165, 1.54) is 6.92 Å². The number of fused-ring (bicyclic) bond motifs is 1. The van der Waals surface area contributed by atoms with Gasteiger partial charge in [0.05, 0.1) is 0 Å². The summed E-state index contributed by atoms with van der Waals surface area (Å²) in [7, 11) is 0. The minimum atomic E-state index is -1.13. The van der Waals surface area contributed by atoms with E-state index in [0.29, 0.717) is 5.69 Å². The number of hydrogen-bond donors (Lipinski definition) is 2. The molecular formula is C15H13NO3. The molecule has 0 aliphatic heterocycles. The summed E-state index contributed by atoms with van der Waals surface area (Å²) in [6, 6.07) is 13.3. The monoisotopic (exact) mass is 255 g/mol. The van der Waals surface area contributed by atoms with E-state index in [9.17, 15) is 9.59 Å². The number of carbonyl (C=O) groups excluding carboxylic acids is 1. The molecule has 4 nitrogen and oxygen atoms in total. The molecule has 0 bridgehead atoms. The highest BCUT2D eigenvalue weighted by Crippen LogP contribution is 2.19. The van der Waals surface area contributed by atoms with Crippen molar-refractivity contribution in [2.75, 3.05) is 5.32 Å². The van der Waals surface area contributed by atoms with Crippen molar-refractivity contribution in [2.45, 2.75) is 6.92 Å². The Bertz CT molecular complexity index is 674. The molecule has 0 unspecified atom stereocenters. The fourth-order valence-electron chi connectivity index (χ4n) is 1.75. The van der Waals surface area contributed by atoms with Gasteiger partial charge < -0.3 is 10.4 Å². The molecule has 2 aromatic rings. The second-order valence-electron chi connectivity index (χ2n) is 4.18. The summed E-state index contributed by atoms with van der Waals surface area (Å²) in [6.45, 7) is 1.46. The average Bonchev–Trinajstić information content (AvgIpc) is 2.37. The van der Waals surface area contributed by atoms with Gasteiger partial charge in [-0.2, -0.15) is 0 Å².